The number of nitrogens with two attached hydrogens (primary N) is 1. The van der Waals surface area contributed by atoms with E-state index >= 15 is 0 Å². The molecule has 0 aliphatic carbocycles. The topological polar surface area (TPSA) is 91.1 Å². The molecule has 0 saturated heterocycles. The monoisotopic (exact) mass is 217 g/mol. The second kappa shape index (κ2) is 3.98. The molecule has 0 amide bonds. The predicted octanol–water partition coefficient (Wildman–Crippen LogP) is 2.04. The third-order valence-corrected chi connectivity index (χ3v) is 2.18. The summed E-state index contributed by atoms with van der Waals surface area (Å²) in [6.07, 6.45) is 3.56. The van der Waals surface area contributed by atoms with Gasteiger partial charge in [-0.25, -0.2) is 4.79 Å². The van der Waals surface area contributed by atoms with Crippen molar-refractivity contribution in [3.8, 4) is 0 Å². The summed E-state index contributed by atoms with van der Waals surface area (Å²) in [5, 5.41) is 11.8. The van der Waals surface area contributed by atoms with Gasteiger partial charge in [0.05, 0.1) is 22.6 Å². The van der Waals surface area contributed by atoms with Crippen molar-refractivity contribution in [3.63, 3.8) is 0 Å². The van der Waals surface area contributed by atoms with E-state index in [2.05, 4.69) is 10.3 Å². The Balaban J connectivity index is 2.26. The average Bonchev–Trinajstić information content (AvgIpc) is 2.73. The molecule has 2 rings (SSSR count). The number of carboxylic acid groups (broad SMARTS) is 1. The second-order valence-electron chi connectivity index (χ2n) is 3.33. The van der Waals surface area contributed by atoms with Gasteiger partial charge in [0.25, 0.3) is 0 Å². The van der Waals surface area contributed by atoms with E-state index in [-0.39, 0.29) is 5.56 Å². The van der Waals surface area contributed by atoms with Crippen molar-refractivity contribution in [1.29, 1.82) is 0 Å². The zero-order chi connectivity index (χ0) is 11.5. The first-order valence-electron chi connectivity index (χ1n) is 4.69. The molecule has 0 saturated carbocycles. The van der Waals surface area contributed by atoms with Crippen LogP contribution in [0.15, 0.2) is 36.7 Å². The number of nitrogen functional groups attached to an aromatic ring is 1. The van der Waals surface area contributed by atoms with Gasteiger partial charge in [-0.05, 0) is 24.3 Å². The van der Waals surface area contributed by atoms with E-state index in [4.69, 9.17) is 10.8 Å². The molecule has 1 heterocycles. The Morgan fingerprint density at radius 3 is 2.75 bits per heavy atom. The van der Waals surface area contributed by atoms with Crippen LogP contribution in [0.4, 0.5) is 17.1 Å². The van der Waals surface area contributed by atoms with Crippen molar-refractivity contribution in [2.45, 2.75) is 0 Å². The Hall–Kier alpha value is -2.43. The first kappa shape index (κ1) is 10.1. The number of H-pyrrole nitrogens is 1. The summed E-state index contributed by atoms with van der Waals surface area (Å²) >= 11 is 0. The number of aromatic nitrogens is 1. The van der Waals surface area contributed by atoms with Gasteiger partial charge in [-0.15, -0.1) is 0 Å². The van der Waals surface area contributed by atoms with E-state index in [0.29, 0.717) is 11.4 Å². The minimum Gasteiger partial charge on any atom is -0.478 e. The number of hydrogen-bond acceptors (Lipinski definition) is 3. The van der Waals surface area contributed by atoms with Gasteiger partial charge >= 0.3 is 5.97 Å². The van der Waals surface area contributed by atoms with Gasteiger partial charge in [0.15, 0.2) is 0 Å². The molecule has 0 bridgehead atoms. The third-order valence-electron chi connectivity index (χ3n) is 2.18. The van der Waals surface area contributed by atoms with Crippen LogP contribution in [-0.4, -0.2) is 16.1 Å². The molecule has 16 heavy (non-hydrogen) atoms. The summed E-state index contributed by atoms with van der Waals surface area (Å²) in [5.74, 6) is -0.986. The standard InChI is InChI=1S/C11H11N3O2/c12-9-5-7(11(15)16)1-2-10(9)14-8-3-4-13-6-8/h1-6,13-14H,12H2,(H,15,16). The Bertz CT molecular complexity index is 506. The van der Waals surface area contributed by atoms with Crippen molar-refractivity contribution < 1.29 is 9.90 Å². The van der Waals surface area contributed by atoms with E-state index in [1.54, 1.807) is 18.5 Å². The number of carbonyl (C=O) groups is 1. The molecule has 0 unspecified atom stereocenters. The van der Waals surface area contributed by atoms with E-state index in [1.165, 1.54) is 12.1 Å². The predicted molar refractivity (Wildman–Crippen MR) is 61.9 cm³/mol. The molecular formula is C11H11N3O2. The summed E-state index contributed by atoms with van der Waals surface area (Å²) in [5.41, 5.74) is 7.88. The van der Waals surface area contributed by atoms with Crippen molar-refractivity contribution >= 4 is 23.0 Å². The second-order valence-corrected chi connectivity index (χ2v) is 3.33. The van der Waals surface area contributed by atoms with Crippen molar-refractivity contribution in [2.24, 2.45) is 0 Å². The molecule has 1 aromatic heterocycles. The molecule has 0 atom stereocenters. The molecule has 0 radical (unpaired) electrons. The number of aromatic amines is 1. The van der Waals surface area contributed by atoms with Crippen LogP contribution in [-0.2, 0) is 0 Å². The summed E-state index contributed by atoms with van der Waals surface area (Å²) in [7, 11) is 0. The quantitative estimate of drug-likeness (QED) is 0.592. The molecule has 2 aromatic rings. The largest absolute Gasteiger partial charge is 0.478 e. The molecule has 0 aliphatic rings. The highest BCUT2D eigenvalue weighted by Gasteiger charge is 2.06. The van der Waals surface area contributed by atoms with Crippen LogP contribution in [0.2, 0.25) is 0 Å². The number of aromatic carboxylic acids is 1. The Labute approximate surface area is 91.9 Å². The first-order chi connectivity index (χ1) is 7.66. The lowest BCUT2D eigenvalue weighted by molar-refractivity contribution is 0.0697. The third kappa shape index (κ3) is 1.98. The van der Waals surface area contributed by atoms with Crippen molar-refractivity contribution in [2.75, 3.05) is 11.1 Å². The Kier molecular flexibility index (Phi) is 2.51. The van der Waals surface area contributed by atoms with Gasteiger partial charge in [-0.2, -0.15) is 0 Å². The first-order valence-corrected chi connectivity index (χ1v) is 4.69. The molecule has 0 spiro atoms. The minimum absolute atomic E-state index is 0.178. The highest BCUT2D eigenvalue weighted by Crippen LogP contribution is 2.23. The fourth-order valence-electron chi connectivity index (χ4n) is 1.37. The zero-order valence-electron chi connectivity index (χ0n) is 8.40. The molecule has 5 nitrogen and oxygen atoms in total. The highest BCUT2D eigenvalue weighted by molar-refractivity contribution is 5.90. The number of anilines is 3. The van der Waals surface area contributed by atoms with E-state index in [9.17, 15) is 4.79 Å². The summed E-state index contributed by atoms with van der Waals surface area (Å²) in [4.78, 5) is 13.6. The van der Waals surface area contributed by atoms with Gasteiger partial charge in [0.1, 0.15) is 0 Å². The lowest BCUT2D eigenvalue weighted by Gasteiger charge is -2.07. The van der Waals surface area contributed by atoms with Gasteiger partial charge in [0.2, 0.25) is 0 Å². The maximum Gasteiger partial charge on any atom is 0.335 e. The van der Waals surface area contributed by atoms with Gasteiger partial charge in [-0.3, -0.25) is 0 Å². The number of carboxylic acids is 1. The molecular weight excluding hydrogens is 206 g/mol. The fraction of sp³-hybridized carbons (Fsp3) is 0. The van der Waals surface area contributed by atoms with Gasteiger partial charge in [-0.1, -0.05) is 0 Å². The SMILES string of the molecule is Nc1cc(C(=O)O)ccc1Nc1cc[nH]c1. The van der Waals surface area contributed by atoms with Crippen LogP contribution in [0.3, 0.4) is 0 Å². The summed E-state index contributed by atoms with van der Waals surface area (Å²) in [6.45, 7) is 0. The number of nitrogens with one attached hydrogen (secondary N) is 2. The molecule has 0 aliphatic heterocycles. The summed E-state index contributed by atoms with van der Waals surface area (Å²) < 4.78 is 0. The summed E-state index contributed by atoms with van der Waals surface area (Å²) in [6, 6.07) is 6.43. The smallest absolute Gasteiger partial charge is 0.335 e. The average molecular weight is 217 g/mol. The maximum absolute atomic E-state index is 10.7. The number of hydrogen-bond donors (Lipinski definition) is 4. The van der Waals surface area contributed by atoms with E-state index in [0.717, 1.165) is 5.69 Å². The lowest BCUT2D eigenvalue weighted by atomic mass is 10.1. The zero-order valence-corrected chi connectivity index (χ0v) is 8.40. The van der Waals surface area contributed by atoms with Crippen molar-refractivity contribution in [3.05, 3.63) is 42.2 Å². The van der Waals surface area contributed by atoms with Crippen LogP contribution < -0.4 is 11.1 Å². The van der Waals surface area contributed by atoms with Crippen molar-refractivity contribution in [1.82, 2.24) is 4.98 Å². The molecule has 82 valence electrons. The normalized spacial score (nSPS) is 10.0. The van der Waals surface area contributed by atoms with E-state index in [1.807, 2.05) is 6.07 Å². The molecule has 0 fully saturated rings. The Morgan fingerprint density at radius 1 is 1.38 bits per heavy atom. The van der Waals surface area contributed by atoms with Crippen LogP contribution in [0.25, 0.3) is 0 Å². The molecule has 1 aromatic carbocycles. The van der Waals surface area contributed by atoms with Crippen LogP contribution in [0, 0.1) is 0 Å². The molecule has 5 N–H and O–H groups in total. The van der Waals surface area contributed by atoms with Crippen LogP contribution in [0.5, 0.6) is 0 Å². The highest BCUT2D eigenvalue weighted by atomic mass is 16.4. The van der Waals surface area contributed by atoms with Crippen LogP contribution in [0.1, 0.15) is 10.4 Å². The number of benzene rings is 1. The van der Waals surface area contributed by atoms with Crippen LogP contribution >= 0.6 is 0 Å². The maximum atomic E-state index is 10.7. The van der Waals surface area contributed by atoms with Gasteiger partial charge in [0, 0.05) is 12.4 Å². The number of rotatable bonds is 3. The van der Waals surface area contributed by atoms with E-state index < -0.39 is 5.97 Å². The lowest BCUT2D eigenvalue weighted by Crippen LogP contribution is -2.00. The fourth-order valence-corrected chi connectivity index (χ4v) is 1.37. The Morgan fingerprint density at radius 2 is 2.19 bits per heavy atom. The van der Waals surface area contributed by atoms with Gasteiger partial charge < -0.3 is 21.1 Å². The minimum atomic E-state index is -0.986. The molecule has 5 heteroatoms.